The van der Waals surface area contributed by atoms with Crippen LogP contribution in [-0.4, -0.2) is 92.8 Å². The van der Waals surface area contributed by atoms with Crippen molar-refractivity contribution in [3.8, 4) is 0 Å². The number of rotatable bonds is 11. The van der Waals surface area contributed by atoms with Gasteiger partial charge in [0.2, 0.25) is 6.04 Å². The lowest BCUT2D eigenvalue weighted by molar-refractivity contribution is -0.552. The minimum Gasteiger partial charge on any atom is -0.385 e. The van der Waals surface area contributed by atoms with E-state index in [-0.39, 0.29) is 67.1 Å². The Hall–Kier alpha value is -4.51. The molecule has 62 heavy (non-hydrogen) atoms. The third-order valence-electron chi connectivity index (χ3n) is 11.0. The van der Waals surface area contributed by atoms with Gasteiger partial charge in [-0.25, -0.2) is 26.3 Å². The summed E-state index contributed by atoms with van der Waals surface area (Å²) in [5, 5.41) is 41.1. The van der Waals surface area contributed by atoms with E-state index >= 15 is 0 Å². The van der Waals surface area contributed by atoms with Gasteiger partial charge in [0.15, 0.2) is 28.9 Å². The molecule has 3 aliphatic rings. The van der Waals surface area contributed by atoms with E-state index in [0.717, 1.165) is 55.0 Å². The van der Waals surface area contributed by atoms with Crippen LogP contribution in [0.5, 0.6) is 0 Å². The number of β-amino-alcohol motifs (C(OH)–C–C–N with tert-alkyl or cyclic N) is 2. The van der Waals surface area contributed by atoms with Crippen molar-refractivity contribution in [1.82, 2.24) is 15.1 Å². The molecular formula is C42H42BrF6IN6O6. The first-order valence-corrected chi connectivity index (χ1v) is 21.4. The van der Waals surface area contributed by atoms with Crippen LogP contribution >= 0.6 is 38.5 Å². The van der Waals surface area contributed by atoms with Gasteiger partial charge in [0.05, 0.1) is 60.1 Å². The van der Waals surface area contributed by atoms with Gasteiger partial charge in [-0.3, -0.25) is 19.7 Å². The minimum atomic E-state index is -1.72. The molecule has 3 heterocycles. The first-order chi connectivity index (χ1) is 29.2. The van der Waals surface area contributed by atoms with E-state index in [0.29, 0.717) is 8.04 Å². The lowest BCUT2D eigenvalue weighted by atomic mass is 9.81. The highest BCUT2D eigenvalue weighted by molar-refractivity contribution is 14.1. The van der Waals surface area contributed by atoms with Crippen molar-refractivity contribution in [1.29, 1.82) is 0 Å². The Bertz CT molecular complexity index is 2360. The predicted molar refractivity (Wildman–Crippen MR) is 230 cm³/mol. The van der Waals surface area contributed by atoms with Crippen molar-refractivity contribution in [3.05, 3.63) is 125 Å². The van der Waals surface area contributed by atoms with Crippen molar-refractivity contribution < 1.29 is 51.1 Å². The lowest BCUT2D eigenvalue weighted by Gasteiger charge is -2.51. The number of nitrogens with one attached hydrogen (secondary N) is 3. The number of nitrogens with zero attached hydrogens (tertiary/aromatic N) is 3. The average molecular weight is 1050 g/mol. The zero-order chi connectivity index (χ0) is 45.3. The molecule has 12 nitrogen and oxygen atoms in total. The topological polar surface area (TPSA) is 160 Å². The molecule has 0 bridgehead atoms. The molecule has 20 heteroatoms. The van der Waals surface area contributed by atoms with Crippen molar-refractivity contribution >= 4 is 73.1 Å². The maximum atomic E-state index is 14.6. The maximum Gasteiger partial charge on any atom is 0.256 e. The second-order valence-electron chi connectivity index (χ2n) is 16.0. The van der Waals surface area contributed by atoms with Crippen LogP contribution < -0.4 is 16.0 Å². The van der Waals surface area contributed by atoms with Crippen LogP contribution in [0.4, 0.5) is 49.1 Å². The predicted octanol–water partition coefficient (Wildman–Crippen LogP) is 8.27. The standard InChI is InChI=1S/C21H21BrF3N3O2.C21H21F3IN3O4/c22-12-4-7-16(15(24)9-12)27-19-13(5-6-14(23)18(19)25)20(29)28-10-21(30,11-28)17-3-1-2-8-26-17;1-11(2)7-17(28(31)32)21(30)9-27(10-21)20(29)13-4-5-14(22)18(24)19(13)26-16-6-3-12(25)8-15(16)23/h4-7,9,17,26-27,30H,1-3,8,10-11H2;3-6,8,11,17,26,30H,7,9-10H2,1-2H3. The molecule has 0 aliphatic carbocycles. The summed E-state index contributed by atoms with van der Waals surface area (Å²) >= 11 is 5.02. The number of halogens is 8. The van der Waals surface area contributed by atoms with Crippen LogP contribution in [0.15, 0.2) is 65.1 Å². The zero-order valence-corrected chi connectivity index (χ0v) is 37.0. The highest BCUT2D eigenvalue weighted by Gasteiger charge is 2.56. The Labute approximate surface area is 374 Å². The Morgan fingerprint density at radius 3 is 1.81 bits per heavy atom. The second kappa shape index (κ2) is 19.1. The zero-order valence-electron chi connectivity index (χ0n) is 33.3. The molecule has 7 rings (SSSR count). The molecule has 0 aromatic heterocycles. The average Bonchev–Trinajstić information content (AvgIpc) is 3.20. The van der Waals surface area contributed by atoms with Gasteiger partial charge < -0.3 is 36.0 Å². The third kappa shape index (κ3) is 10.1. The van der Waals surface area contributed by atoms with Gasteiger partial charge in [-0.2, -0.15) is 0 Å². The SMILES string of the molecule is CC(C)CC([N+](=O)[O-])C1(O)CN(C(=O)c2ccc(F)c(F)c2Nc2ccc(I)cc2F)C1.O=C(c1ccc(F)c(F)c1Nc1ccc(Br)cc1F)N1CC(O)(C2CCCCN2)C1. The molecule has 5 N–H and O–H groups in total. The monoisotopic (exact) mass is 1050 g/mol. The largest absolute Gasteiger partial charge is 0.385 e. The number of hydrogen-bond acceptors (Lipinski definition) is 9. The quantitative estimate of drug-likeness (QED) is 0.0432. The molecule has 2 unspecified atom stereocenters. The Kier molecular flexibility index (Phi) is 14.5. The van der Waals surface area contributed by atoms with Gasteiger partial charge in [0.1, 0.15) is 17.2 Å². The van der Waals surface area contributed by atoms with Crippen molar-refractivity contribution in [2.75, 3.05) is 43.4 Å². The summed E-state index contributed by atoms with van der Waals surface area (Å²) in [4.78, 5) is 39.3. The van der Waals surface area contributed by atoms with Crippen molar-refractivity contribution in [3.63, 3.8) is 0 Å². The summed E-state index contributed by atoms with van der Waals surface area (Å²) in [6.45, 7) is 3.90. The number of anilines is 4. The second-order valence-corrected chi connectivity index (χ2v) is 18.2. The third-order valence-corrected chi connectivity index (χ3v) is 12.2. The minimum absolute atomic E-state index is 0.0509. The maximum absolute atomic E-state index is 14.6. The number of hydrogen-bond donors (Lipinski definition) is 5. The van der Waals surface area contributed by atoms with Crippen LogP contribution in [0.3, 0.4) is 0 Å². The fourth-order valence-electron chi connectivity index (χ4n) is 7.70. The lowest BCUT2D eigenvalue weighted by Crippen LogP contribution is -2.72. The summed E-state index contributed by atoms with van der Waals surface area (Å²) in [7, 11) is 0. The Morgan fingerprint density at radius 1 is 0.823 bits per heavy atom. The number of carbonyl (C=O) groups excluding carboxylic acids is 2. The highest BCUT2D eigenvalue weighted by atomic mass is 127. The van der Waals surface area contributed by atoms with Crippen molar-refractivity contribution in [2.45, 2.75) is 62.8 Å². The summed E-state index contributed by atoms with van der Waals surface area (Å²) < 4.78 is 86.4. The molecule has 0 saturated carbocycles. The molecule has 0 radical (unpaired) electrons. The number of carbonyl (C=O) groups is 2. The van der Waals surface area contributed by atoms with Crippen LogP contribution in [0.25, 0.3) is 0 Å². The molecule has 4 aromatic carbocycles. The normalized spacial score (nSPS) is 18.2. The summed E-state index contributed by atoms with van der Waals surface area (Å²) in [5.74, 6) is -7.82. The summed E-state index contributed by atoms with van der Waals surface area (Å²) in [5.41, 5.74) is -4.43. The highest BCUT2D eigenvalue weighted by Crippen LogP contribution is 2.36. The van der Waals surface area contributed by atoms with Gasteiger partial charge in [-0.05, 0) is 109 Å². The first kappa shape index (κ1) is 47.0. The molecule has 332 valence electrons. The molecule has 2 atom stereocenters. The molecular weight excluding hydrogens is 1010 g/mol. The van der Waals surface area contributed by atoms with Crippen LogP contribution in [0, 0.1) is 54.5 Å². The fourth-order valence-corrected chi connectivity index (χ4v) is 8.49. The molecule has 3 saturated heterocycles. The van der Waals surface area contributed by atoms with Crippen LogP contribution in [-0.2, 0) is 0 Å². The van der Waals surface area contributed by atoms with E-state index in [1.807, 2.05) is 22.6 Å². The van der Waals surface area contributed by atoms with Crippen LogP contribution in [0.1, 0.15) is 60.2 Å². The van der Waals surface area contributed by atoms with Gasteiger partial charge in [0.25, 0.3) is 11.8 Å². The molecule has 4 aromatic rings. The van der Waals surface area contributed by atoms with Gasteiger partial charge in [-0.1, -0.05) is 36.2 Å². The Morgan fingerprint density at radius 2 is 1.34 bits per heavy atom. The number of amides is 2. The van der Waals surface area contributed by atoms with E-state index < -0.39 is 80.3 Å². The number of nitro groups is 1. The summed E-state index contributed by atoms with van der Waals surface area (Å²) in [6.07, 6.45) is 2.99. The number of likely N-dealkylation sites (tertiary alicyclic amines) is 2. The number of piperidine rings is 1. The molecule has 2 amide bonds. The Balaban J connectivity index is 0.000000207. The van der Waals surface area contributed by atoms with E-state index in [2.05, 4.69) is 31.9 Å². The summed E-state index contributed by atoms with van der Waals surface area (Å²) in [6, 6.07) is 10.6. The van der Waals surface area contributed by atoms with Gasteiger partial charge >= 0.3 is 0 Å². The van der Waals surface area contributed by atoms with Crippen LogP contribution in [0.2, 0.25) is 0 Å². The molecule has 0 spiro atoms. The van der Waals surface area contributed by atoms with Gasteiger partial charge in [-0.15, -0.1) is 0 Å². The van der Waals surface area contributed by atoms with Gasteiger partial charge in [0, 0.05) is 25.4 Å². The molecule has 3 aliphatic heterocycles. The first-order valence-electron chi connectivity index (χ1n) is 19.5. The molecule has 3 fully saturated rings. The van der Waals surface area contributed by atoms with E-state index in [9.17, 15) is 56.3 Å². The van der Waals surface area contributed by atoms with E-state index in [1.54, 1.807) is 19.9 Å². The number of benzene rings is 4. The van der Waals surface area contributed by atoms with E-state index in [1.165, 1.54) is 35.2 Å². The smallest absolute Gasteiger partial charge is 0.256 e. The fraction of sp³-hybridized carbons (Fsp3) is 0.381. The van der Waals surface area contributed by atoms with Crippen molar-refractivity contribution in [2.24, 2.45) is 5.92 Å². The van der Waals surface area contributed by atoms with E-state index in [4.69, 9.17) is 0 Å². The number of aliphatic hydroxyl groups is 2.